The lowest BCUT2D eigenvalue weighted by Gasteiger charge is -2.42. The van der Waals surface area contributed by atoms with E-state index in [1.54, 1.807) is 0 Å². The molecule has 0 fully saturated rings. The van der Waals surface area contributed by atoms with Gasteiger partial charge in [0, 0.05) is 0 Å². The van der Waals surface area contributed by atoms with E-state index in [0.717, 1.165) is 24.0 Å². The maximum absolute atomic E-state index is 11.2. The van der Waals surface area contributed by atoms with Crippen LogP contribution in [0.5, 0.6) is 0 Å². The summed E-state index contributed by atoms with van der Waals surface area (Å²) in [4.78, 5) is 0. The standard InChI is InChI=1S/C18H20O/c1-17(2)12-13-18(19,14-8-4-3-5-9-14)16-11-7-6-10-15(16)17/h3-11,19H,12-13H2,1-2H3. The van der Waals surface area contributed by atoms with Crippen molar-refractivity contribution in [2.45, 2.75) is 37.7 Å². The summed E-state index contributed by atoms with van der Waals surface area (Å²) in [5.74, 6) is 0. The average Bonchev–Trinajstić information content (AvgIpc) is 2.45. The molecule has 98 valence electrons. The van der Waals surface area contributed by atoms with Gasteiger partial charge in [-0.1, -0.05) is 68.4 Å². The van der Waals surface area contributed by atoms with E-state index in [0.29, 0.717) is 0 Å². The van der Waals surface area contributed by atoms with Crippen molar-refractivity contribution < 1.29 is 5.11 Å². The van der Waals surface area contributed by atoms with Crippen molar-refractivity contribution in [3.05, 3.63) is 71.3 Å². The Balaban J connectivity index is 2.21. The highest BCUT2D eigenvalue weighted by atomic mass is 16.3. The molecule has 1 aliphatic carbocycles. The number of benzene rings is 2. The monoisotopic (exact) mass is 252 g/mol. The van der Waals surface area contributed by atoms with Crippen LogP contribution in [0.1, 0.15) is 43.4 Å². The molecule has 1 atom stereocenters. The average molecular weight is 252 g/mol. The molecule has 0 amide bonds. The molecule has 0 aromatic heterocycles. The van der Waals surface area contributed by atoms with Crippen molar-refractivity contribution in [3.63, 3.8) is 0 Å². The van der Waals surface area contributed by atoms with Gasteiger partial charge >= 0.3 is 0 Å². The lowest BCUT2D eigenvalue weighted by atomic mass is 9.65. The molecule has 0 heterocycles. The molecule has 0 bridgehead atoms. The van der Waals surface area contributed by atoms with Gasteiger partial charge in [0.05, 0.1) is 0 Å². The van der Waals surface area contributed by atoms with Crippen LogP contribution in [0.25, 0.3) is 0 Å². The Kier molecular flexibility index (Phi) is 2.75. The van der Waals surface area contributed by atoms with Crippen LogP contribution >= 0.6 is 0 Å². The predicted octanol–water partition coefficient (Wildman–Crippen LogP) is 3.99. The van der Waals surface area contributed by atoms with E-state index in [1.165, 1.54) is 5.56 Å². The van der Waals surface area contributed by atoms with E-state index < -0.39 is 5.60 Å². The Morgan fingerprint density at radius 3 is 2.05 bits per heavy atom. The summed E-state index contributed by atoms with van der Waals surface area (Å²) in [6, 6.07) is 18.3. The number of aliphatic hydroxyl groups is 1. The molecule has 1 N–H and O–H groups in total. The van der Waals surface area contributed by atoms with Gasteiger partial charge in [0.2, 0.25) is 0 Å². The van der Waals surface area contributed by atoms with Crippen LogP contribution in [0.15, 0.2) is 54.6 Å². The van der Waals surface area contributed by atoms with E-state index >= 15 is 0 Å². The number of rotatable bonds is 1. The third-order valence-electron chi connectivity index (χ3n) is 4.46. The topological polar surface area (TPSA) is 20.2 Å². The van der Waals surface area contributed by atoms with Crippen LogP contribution in [0.3, 0.4) is 0 Å². The molecule has 19 heavy (non-hydrogen) atoms. The zero-order valence-electron chi connectivity index (χ0n) is 11.6. The van der Waals surface area contributed by atoms with Crippen LogP contribution in [0.2, 0.25) is 0 Å². The van der Waals surface area contributed by atoms with E-state index in [1.807, 2.05) is 36.4 Å². The summed E-state index contributed by atoms with van der Waals surface area (Å²) < 4.78 is 0. The fraction of sp³-hybridized carbons (Fsp3) is 0.333. The minimum Gasteiger partial charge on any atom is -0.380 e. The van der Waals surface area contributed by atoms with Gasteiger partial charge in [-0.15, -0.1) is 0 Å². The van der Waals surface area contributed by atoms with E-state index in [-0.39, 0.29) is 5.41 Å². The summed E-state index contributed by atoms with van der Waals surface area (Å²) in [7, 11) is 0. The molecule has 2 aromatic rings. The summed E-state index contributed by atoms with van der Waals surface area (Å²) in [6.45, 7) is 4.52. The quantitative estimate of drug-likeness (QED) is 0.813. The lowest BCUT2D eigenvalue weighted by Crippen LogP contribution is -2.38. The third-order valence-corrected chi connectivity index (χ3v) is 4.46. The summed E-state index contributed by atoms with van der Waals surface area (Å²) in [6.07, 6.45) is 1.77. The van der Waals surface area contributed by atoms with Crippen molar-refractivity contribution in [1.29, 1.82) is 0 Å². The predicted molar refractivity (Wildman–Crippen MR) is 78.1 cm³/mol. The molecule has 0 aliphatic heterocycles. The third kappa shape index (κ3) is 1.89. The van der Waals surface area contributed by atoms with Crippen molar-refractivity contribution in [3.8, 4) is 0 Å². The molecule has 1 nitrogen and oxygen atoms in total. The minimum atomic E-state index is -0.840. The molecule has 0 radical (unpaired) electrons. The summed E-state index contributed by atoms with van der Waals surface area (Å²) >= 11 is 0. The Hall–Kier alpha value is -1.60. The first-order valence-corrected chi connectivity index (χ1v) is 6.92. The first kappa shape index (κ1) is 12.4. The maximum Gasteiger partial charge on any atom is 0.115 e. The van der Waals surface area contributed by atoms with Gasteiger partial charge in [-0.2, -0.15) is 0 Å². The highest BCUT2D eigenvalue weighted by Gasteiger charge is 2.42. The van der Waals surface area contributed by atoms with Crippen LogP contribution in [0.4, 0.5) is 0 Å². The second-order valence-corrected chi connectivity index (χ2v) is 6.16. The Labute approximate surface area is 114 Å². The molecule has 0 spiro atoms. The van der Waals surface area contributed by atoms with Crippen LogP contribution in [-0.4, -0.2) is 5.11 Å². The summed E-state index contributed by atoms with van der Waals surface area (Å²) in [5, 5.41) is 11.2. The first-order valence-electron chi connectivity index (χ1n) is 6.92. The zero-order chi connectivity index (χ0) is 13.5. The van der Waals surface area contributed by atoms with E-state index in [4.69, 9.17) is 0 Å². The second-order valence-electron chi connectivity index (χ2n) is 6.16. The molecule has 1 unspecified atom stereocenters. The van der Waals surface area contributed by atoms with Gasteiger partial charge in [-0.3, -0.25) is 0 Å². The second kappa shape index (κ2) is 4.21. The minimum absolute atomic E-state index is 0.137. The van der Waals surface area contributed by atoms with Gasteiger partial charge in [0.25, 0.3) is 0 Å². The molecule has 3 rings (SSSR count). The maximum atomic E-state index is 11.2. The van der Waals surface area contributed by atoms with Gasteiger partial charge in [0.1, 0.15) is 5.60 Å². The SMILES string of the molecule is CC1(C)CCC(O)(c2ccccc2)c2ccccc21. The van der Waals surface area contributed by atoms with Gasteiger partial charge < -0.3 is 5.11 Å². The number of fused-ring (bicyclic) bond motifs is 1. The molecule has 1 heteroatoms. The van der Waals surface area contributed by atoms with Crippen LogP contribution in [-0.2, 0) is 11.0 Å². The van der Waals surface area contributed by atoms with Gasteiger partial charge in [-0.25, -0.2) is 0 Å². The van der Waals surface area contributed by atoms with Crippen LogP contribution < -0.4 is 0 Å². The molecular formula is C18H20O. The molecule has 2 aromatic carbocycles. The van der Waals surface area contributed by atoms with E-state index in [2.05, 4.69) is 32.0 Å². The lowest BCUT2D eigenvalue weighted by molar-refractivity contribution is 0.0496. The van der Waals surface area contributed by atoms with Crippen LogP contribution in [0, 0.1) is 0 Å². The molecular weight excluding hydrogens is 232 g/mol. The highest BCUT2D eigenvalue weighted by Crippen LogP contribution is 2.47. The molecule has 0 saturated carbocycles. The number of hydrogen-bond donors (Lipinski definition) is 1. The van der Waals surface area contributed by atoms with E-state index in [9.17, 15) is 5.11 Å². The molecule has 1 aliphatic rings. The van der Waals surface area contributed by atoms with Gasteiger partial charge in [-0.05, 0) is 34.9 Å². The molecule has 0 saturated heterocycles. The van der Waals surface area contributed by atoms with Crippen molar-refractivity contribution in [2.75, 3.05) is 0 Å². The summed E-state index contributed by atoms with van der Waals surface area (Å²) in [5.41, 5.74) is 2.63. The normalized spacial score (nSPS) is 24.8. The van der Waals surface area contributed by atoms with Crippen molar-refractivity contribution in [2.24, 2.45) is 0 Å². The Bertz CT molecular complexity index is 586. The Morgan fingerprint density at radius 2 is 1.37 bits per heavy atom. The Morgan fingerprint density at radius 1 is 0.789 bits per heavy atom. The van der Waals surface area contributed by atoms with Crippen molar-refractivity contribution in [1.82, 2.24) is 0 Å². The van der Waals surface area contributed by atoms with Gasteiger partial charge in [0.15, 0.2) is 0 Å². The smallest absolute Gasteiger partial charge is 0.115 e. The highest BCUT2D eigenvalue weighted by molar-refractivity contribution is 5.46. The largest absolute Gasteiger partial charge is 0.380 e. The fourth-order valence-electron chi connectivity index (χ4n) is 3.21. The number of hydrogen-bond acceptors (Lipinski definition) is 1. The van der Waals surface area contributed by atoms with Crippen molar-refractivity contribution >= 4 is 0 Å². The first-order chi connectivity index (χ1) is 9.04. The fourth-order valence-corrected chi connectivity index (χ4v) is 3.21. The zero-order valence-corrected chi connectivity index (χ0v) is 11.6.